The van der Waals surface area contributed by atoms with E-state index in [0.717, 1.165) is 0 Å². The summed E-state index contributed by atoms with van der Waals surface area (Å²) in [4.78, 5) is 57.5. The van der Waals surface area contributed by atoms with Crippen LogP contribution in [0.25, 0.3) is 0 Å². The Morgan fingerprint density at radius 3 is 1.71 bits per heavy atom. The van der Waals surface area contributed by atoms with E-state index in [1.54, 1.807) is 0 Å². The number of ketones is 1. The molecule has 0 aliphatic heterocycles. The van der Waals surface area contributed by atoms with Crippen molar-refractivity contribution in [1.29, 1.82) is 0 Å². The summed E-state index contributed by atoms with van der Waals surface area (Å²) >= 11 is 0. The quantitative estimate of drug-likeness (QED) is 0.0515. The number of amides is 1. The third-order valence-corrected chi connectivity index (χ3v) is 5.54. The first-order valence-corrected chi connectivity index (χ1v) is 13.2. The lowest BCUT2D eigenvalue weighted by molar-refractivity contribution is -0.143. The highest BCUT2D eigenvalue weighted by Gasteiger charge is 2.29. The number of nitrogens with zero attached hydrogens (tertiary/aromatic N) is 2. The Kier molecular flexibility index (Phi) is 18.5. The van der Waals surface area contributed by atoms with E-state index in [1.807, 2.05) is 0 Å². The van der Waals surface area contributed by atoms with Crippen LogP contribution >= 0.6 is 0 Å². The van der Waals surface area contributed by atoms with Crippen molar-refractivity contribution in [2.24, 2.45) is 5.92 Å². The van der Waals surface area contributed by atoms with Gasteiger partial charge in [0.25, 0.3) is 5.91 Å². The summed E-state index contributed by atoms with van der Waals surface area (Å²) in [6.45, 7) is 0.946. The predicted octanol–water partition coefficient (Wildman–Crippen LogP) is -1.15. The second-order valence-electron chi connectivity index (χ2n) is 8.78. The highest BCUT2D eigenvalue weighted by atomic mass is 16.5. The molecule has 2 unspecified atom stereocenters. The predicted molar refractivity (Wildman–Crippen MR) is 147 cm³/mol. The maximum atomic E-state index is 13.1. The van der Waals surface area contributed by atoms with Crippen LogP contribution in [0.4, 0.5) is 11.6 Å². The van der Waals surface area contributed by atoms with E-state index in [1.165, 1.54) is 14.2 Å². The number of aliphatic hydroxyl groups is 2. The summed E-state index contributed by atoms with van der Waals surface area (Å²) < 4.78 is 20.6. The summed E-state index contributed by atoms with van der Waals surface area (Å²) in [6, 6.07) is -1.64. The van der Waals surface area contributed by atoms with Crippen LogP contribution in [0.3, 0.4) is 0 Å². The molecule has 42 heavy (non-hydrogen) atoms. The molecule has 238 valence electrons. The van der Waals surface area contributed by atoms with Crippen molar-refractivity contribution < 1.29 is 58.6 Å². The molecule has 0 aromatic carbocycles. The largest absolute Gasteiger partial charge is 0.481 e. The van der Waals surface area contributed by atoms with Crippen LogP contribution in [-0.2, 0) is 28.5 Å². The summed E-state index contributed by atoms with van der Waals surface area (Å²) in [5.74, 6) is -6.36. The van der Waals surface area contributed by atoms with Gasteiger partial charge in [-0.15, -0.1) is 0 Å². The molecule has 0 spiro atoms. The molecule has 0 radical (unpaired) electrons. The fraction of sp³-hybridized carbons (Fsp3) is 0.680. The molecule has 17 nitrogen and oxygen atoms in total. The fourth-order valence-electron chi connectivity index (χ4n) is 3.25. The van der Waals surface area contributed by atoms with Gasteiger partial charge in [0.1, 0.15) is 0 Å². The number of nitrogens with one attached hydrogen (secondary N) is 3. The highest BCUT2D eigenvalue weighted by Crippen LogP contribution is 2.22. The molecule has 0 fully saturated rings. The van der Waals surface area contributed by atoms with Crippen LogP contribution in [0.5, 0.6) is 0 Å². The van der Waals surface area contributed by atoms with Gasteiger partial charge in [-0.25, -0.2) is 14.8 Å². The smallest absolute Gasteiger partial charge is 0.328 e. The maximum absolute atomic E-state index is 13.1. The number of carbonyl (C=O) groups is 4. The molecule has 0 saturated carbocycles. The molecule has 1 aromatic rings. The number of anilines is 2. The molecule has 1 rings (SSSR count). The first kappa shape index (κ1) is 36.5. The molecule has 0 saturated heterocycles. The van der Waals surface area contributed by atoms with Crippen molar-refractivity contribution in [2.75, 3.05) is 90.8 Å². The Morgan fingerprint density at radius 1 is 0.738 bits per heavy atom. The first-order chi connectivity index (χ1) is 20.2. The van der Waals surface area contributed by atoms with Gasteiger partial charge in [-0.3, -0.25) is 14.4 Å². The first-order valence-electron chi connectivity index (χ1n) is 13.2. The Balaban J connectivity index is 3.32. The number of aliphatic hydroxyl groups excluding tert-OH is 2. The molecule has 0 bridgehead atoms. The summed E-state index contributed by atoms with van der Waals surface area (Å²) in [6.07, 6.45) is 0.293. The standard InChI is InChI=1S/C25H41N5O12/c1-39-9-11-41-7-3-5-26-21-19(18(33)13-16(14-31)24(35)36)29-22(27-6-4-8-42-12-10-40-2)20(30-21)23(34)28-17(15-32)25(37)38/h16-17,31-32H,3-15H2,1-2H3,(H,26,30)(H,27,29)(H,28,34)(H,35,36)(H,37,38). The van der Waals surface area contributed by atoms with Gasteiger partial charge in [0.2, 0.25) is 0 Å². The summed E-state index contributed by atoms with van der Waals surface area (Å²) in [5, 5.41) is 45.2. The molecule has 7 N–H and O–H groups in total. The van der Waals surface area contributed by atoms with Crippen LogP contribution < -0.4 is 16.0 Å². The van der Waals surface area contributed by atoms with Gasteiger partial charge >= 0.3 is 11.9 Å². The Morgan fingerprint density at radius 2 is 1.26 bits per heavy atom. The van der Waals surface area contributed by atoms with Crippen molar-refractivity contribution in [3.8, 4) is 0 Å². The van der Waals surface area contributed by atoms with Crippen LogP contribution in [0, 0.1) is 5.92 Å². The molecule has 2 atom stereocenters. The van der Waals surface area contributed by atoms with Crippen LogP contribution in [0.1, 0.15) is 40.2 Å². The number of methoxy groups -OCH3 is 2. The third-order valence-electron chi connectivity index (χ3n) is 5.54. The van der Waals surface area contributed by atoms with Crippen molar-refractivity contribution >= 4 is 35.3 Å². The average Bonchev–Trinajstić information content (AvgIpc) is 2.97. The van der Waals surface area contributed by atoms with Gasteiger partial charge in [-0.2, -0.15) is 0 Å². The van der Waals surface area contributed by atoms with Gasteiger partial charge in [0.05, 0.1) is 45.6 Å². The van der Waals surface area contributed by atoms with Crippen LogP contribution in [0.2, 0.25) is 0 Å². The molecule has 1 heterocycles. The number of aromatic nitrogens is 2. The van der Waals surface area contributed by atoms with E-state index < -0.39 is 55.2 Å². The normalized spacial score (nSPS) is 12.4. The Hall–Kier alpha value is -3.48. The zero-order chi connectivity index (χ0) is 31.3. The number of ether oxygens (including phenoxy) is 4. The average molecular weight is 604 g/mol. The van der Waals surface area contributed by atoms with Crippen LogP contribution in [0.15, 0.2) is 0 Å². The number of Topliss-reactive ketones (excluding diaryl/α,β-unsaturated/α-hetero) is 1. The topological polar surface area (TPSA) is 248 Å². The lowest BCUT2D eigenvalue weighted by Crippen LogP contribution is -2.44. The molecular weight excluding hydrogens is 562 g/mol. The lowest BCUT2D eigenvalue weighted by Gasteiger charge is -2.18. The van der Waals surface area contributed by atoms with Gasteiger partial charge in [0, 0.05) is 46.9 Å². The van der Waals surface area contributed by atoms with E-state index in [0.29, 0.717) is 52.5 Å². The molecular formula is C25H41N5O12. The van der Waals surface area contributed by atoms with Crippen LogP contribution in [-0.4, -0.2) is 140 Å². The van der Waals surface area contributed by atoms with Crippen molar-refractivity contribution in [3.05, 3.63) is 11.4 Å². The van der Waals surface area contributed by atoms with E-state index >= 15 is 0 Å². The lowest BCUT2D eigenvalue weighted by atomic mass is 10.0. The van der Waals surface area contributed by atoms with Crippen molar-refractivity contribution in [1.82, 2.24) is 15.3 Å². The van der Waals surface area contributed by atoms with Gasteiger partial charge in [-0.05, 0) is 12.8 Å². The second-order valence-corrected chi connectivity index (χ2v) is 8.78. The monoisotopic (exact) mass is 603 g/mol. The number of hydrogen-bond acceptors (Lipinski definition) is 14. The minimum atomic E-state index is -1.64. The number of rotatable bonds is 25. The fourth-order valence-corrected chi connectivity index (χ4v) is 3.25. The second kappa shape index (κ2) is 21.3. The SMILES string of the molecule is COCCOCCCNc1nc(C(=O)NC(CO)C(=O)O)c(NCCCOCCOC)nc1C(=O)CC(CO)C(=O)O. The van der Waals surface area contributed by atoms with Gasteiger partial charge in [-0.1, -0.05) is 0 Å². The number of carboxylic acid groups (broad SMARTS) is 2. The van der Waals surface area contributed by atoms with Gasteiger partial charge in [0.15, 0.2) is 34.8 Å². The van der Waals surface area contributed by atoms with E-state index in [2.05, 4.69) is 25.9 Å². The van der Waals surface area contributed by atoms with Gasteiger partial charge < -0.3 is 55.3 Å². The summed E-state index contributed by atoms with van der Waals surface area (Å²) in [5.41, 5.74) is -0.662. The summed E-state index contributed by atoms with van der Waals surface area (Å²) in [7, 11) is 3.07. The molecule has 0 aliphatic rings. The Labute approximate surface area is 242 Å². The van der Waals surface area contributed by atoms with E-state index in [9.17, 15) is 39.6 Å². The van der Waals surface area contributed by atoms with E-state index in [4.69, 9.17) is 18.9 Å². The van der Waals surface area contributed by atoms with Crippen molar-refractivity contribution in [2.45, 2.75) is 25.3 Å². The zero-order valence-electron chi connectivity index (χ0n) is 23.8. The third kappa shape index (κ3) is 13.5. The zero-order valence-corrected chi connectivity index (χ0v) is 23.8. The molecule has 1 amide bonds. The highest BCUT2D eigenvalue weighted by molar-refractivity contribution is 6.03. The minimum Gasteiger partial charge on any atom is -0.481 e. The Bertz CT molecular complexity index is 919. The molecule has 1 aromatic heterocycles. The molecule has 17 heteroatoms. The maximum Gasteiger partial charge on any atom is 0.328 e. The number of aliphatic carboxylic acids is 2. The number of carbonyl (C=O) groups excluding carboxylic acids is 2. The minimum absolute atomic E-state index is 0.159. The number of carboxylic acids is 2. The molecule has 0 aliphatic carbocycles. The number of hydrogen-bond donors (Lipinski definition) is 7. The van der Waals surface area contributed by atoms with Crippen molar-refractivity contribution in [3.63, 3.8) is 0 Å². The van der Waals surface area contributed by atoms with E-state index in [-0.39, 0.29) is 36.1 Å².